The number of esters is 1. The normalized spacial score (nSPS) is 27.6. The second-order valence-corrected chi connectivity index (χ2v) is 6.85. The summed E-state index contributed by atoms with van der Waals surface area (Å²) in [4.78, 5) is 18.3. The molecule has 5 heteroatoms. The summed E-state index contributed by atoms with van der Waals surface area (Å²) in [6, 6.07) is 0. The lowest BCUT2D eigenvalue weighted by atomic mass is 9.82. The Morgan fingerprint density at radius 1 is 1.27 bits per heavy atom. The van der Waals surface area contributed by atoms with E-state index < -0.39 is 0 Å². The molecule has 2 atom stereocenters. The number of hydrogen-bond donors (Lipinski definition) is 1. The average Bonchev–Trinajstić information content (AvgIpc) is 2.55. The number of nitrogens with zero attached hydrogens (tertiary/aromatic N) is 2. The van der Waals surface area contributed by atoms with Crippen molar-refractivity contribution < 1.29 is 9.53 Å². The first-order valence-corrected chi connectivity index (χ1v) is 8.67. The Labute approximate surface area is 134 Å². The van der Waals surface area contributed by atoms with Crippen LogP contribution in [0.5, 0.6) is 0 Å². The molecule has 0 bridgehead atoms. The van der Waals surface area contributed by atoms with Crippen LogP contribution in [0.2, 0.25) is 0 Å². The van der Waals surface area contributed by atoms with Crippen molar-refractivity contribution in [1.29, 1.82) is 0 Å². The van der Waals surface area contributed by atoms with Crippen LogP contribution in [0.3, 0.4) is 0 Å². The summed E-state index contributed by atoms with van der Waals surface area (Å²) in [6.07, 6.45) is 7.11. The maximum absolute atomic E-state index is 11.6. The summed E-state index contributed by atoms with van der Waals surface area (Å²) in [5, 5.41) is 3.55. The van der Waals surface area contributed by atoms with E-state index in [1.807, 2.05) is 7.05 Å². The molecule has 2 rings (SSSR count). The molecule has 22 heavy (non-hydrogen) atoms. The van der Waals surface area contributed by atoms with Gasteiger partial charge < -0.3 is 15.0 Å². The zero-order chi connectivity index (χ0) is 15.9. The number of nitrogens with one attached hydrogen (secondary N) is 1. The van der Waals surface area contributed by atoms with E-state index in [9.17, 15) is 4.79 Å². The predicted molar refractivity (Wildman–Crippen MR) is 88.8 cm³/mol. The molecule has 0 aromatic rings. The SMILES string of the molecule is CN=C(NCC1CCCC(C)C1)N1CCC(C(=O)OC)CC1. The van der Waals surface area contributed by atoms with Gasteiger partial charge in [0.25, 0.3) is 0 Å². The van der Waals surface area contributed by atoms with Gasteiger partial charge in [-0.2, -0.15) is 0 Å². The quantitative estimate of drug-likeness (QED) is 0.494. The number of methoxy groups -OCH3 is 1. The maximum atomic E-state index is 11.6. The van der Waals surface area contributed by atoms with Crippen LogP contribution in [0, 0.1) is 17.8 Å². The van der Waals surface area contributed by atoms with Crippen molar-refractivity contribution in [1.82, 2.24) is 10.2 Å². The van der Waals surface area contributed by atoms with Crippen LogP contribution >= 0.6 is 0 Å². The zero-order valence-electron chi connectivity index (χ0n) is 14.3. The monoisotopic (exact) mass is 309 g/mol. The van der Waals surface area contributed by atoms with Crippen molar-refractivity contribution >= 4 is 11.9 Å². The van der Waals surface area contributed by atoms with E-state index in [0.29, 0.717) is 0 Å². The standard InChI is InChI=1S/C17H31N3O2/c1-13-5-4-6-14(11-13)12-19-17(18-2)20-9-7-15(8-10-20)16(21)22-3/h13-15H,4-12H2,1-3H3,(H,18,19). The molecule has 0 radical (unpaired) electrons. The van der Waals surface area contributed by atoms with Gasteiger partial charge in [0.15, 0.2) is 5.96 Å². The average molecular weight is 309 g/mol. The van der Waals surface area contributed by atoms with E-state index in [1.165, 1.54) is 32.8 Å². The van der Waals surface area contributed by atoms with Gasteiger partial charge in [-0.1, -0.05) is 19.8 Å². The lowest BCUT2D eigenvalue weighted by Crippen LogP contribution is -2.47. The van der Waals surface area contributed by atoms with Crippen molar-refractivity contribution in [2.45, 2.75) is 45.4 Å². The van der Waals surface area contributed by atoms with Gasteiger partial charge in [0.1, 0.15) is 0 Å². The molecule has 1 aliphatic carbocycles. The third-order valence-electron chi connectivity index (χ3n) is 5.13. The van der Waals surface area contributed by atoms with Crippen LogP contribution in [0.4, 0.5) is 0 Å². The van der Waals surface area contributed by atoms with Gasteiger partial charge >= 0.3 is 5.97 Å². The van der Waals surface area contributed by atoms with Gasteiger partial charge in [0.2, 0.25) is 0 Å². The van der Waals surface area contributed by atoms with Crippen LogP contribution in [0.15, 0.2) is 4.99 Å². The molecule has 0 aromatic carbocycles. The number of piperidine rings is 1. The number of aliphatic imine (C=N–C) groups is 1. The minimum atomic E-state index is -0.0706. The molecule has 1 saturated heterocycles. The Bertz CT molecular complexity index is 389. The smallest absolute Gasteiger partial charge is 0.308 e. The largest absolute Gasteiger partial charge is 0.469 e. The molecule has 5 nitrogen and oxygen atoms in total. The van der Waals surface area contributed by atoms with Crippen LogP contribution in [0.1, 0.15) is 45.4 Å². The maximum Gasteiger partial charge on any atom is 0.308 e. The molecule has 1 heterocycles. The summed E-state index contributed by atoms with van der Waals surface area (Å²) < 4.78 is 4.85. The van der Waals surface area contributed by atoms with Crippen LogP contribution in [0.25, 0.3) is 0 Å². The van der Waals surface area contributed by atoms with Gasteiger partial charge in [-0.25, -0.2) is 0 Å². The van der Waals surface area contributed by atoms with Gasteiger partial charge in [-0.3, -0.25) is 9.79 Å². The molecule has 0 aromatic heterocycles. The van der Waals surface area contributed by atoms with Crippen LogP contribution in [-0.4, -0.2) is 50.6 Å². The molecule has 2 fully saturated rings. The molecular weight excluding hydrogens is 278 g/mol. The lowest BCUT2D eigenvalue weighted by molar-refractivity contribution is -0.146. The molecule has 1 aliphatic heterocycles. The number of guanidine groups is 1. The second kappa shape index (κ2) is 8.39. The van der Waals surface area contributed by atoms with E-state index in [0.717, 1.165) is 50.3 Å². The Morgan fingerprint density at radius 2 is 2.00 bits per heavy atom. The first kappa shape index (κ1) is 17.1. The van der Waals surface area contributed by atoms with E-state index in [4.69, 9.17) is 4.74 Å². The molecule has 0 spiro atoms. The van der Waals surface area contributed by atoms with E-state index in [-0.39, 0.29) is 11.9 Å². The minimum absolute atomic E-state index is 0.0542. The molecular formula is C17H31N3O2. The van der Waals surface area contributed by atoms with Crippen molar-refractivity contribution in [2.24, 2.45) is 22.7 Å². The topological polar surface area (TPSA) is 53.9 Å². The van der Waals surface area contributed by atoms with Crippen molar-refractivity contribution in [3.05, 3.63) is 0 Å². The van der Waals surface area contributed by atoms with Crippen molar-refractivity contribution in [2.75, 3.05) is 33.8 Å². The first-order valence-electron chi connectivity index (χ1n) is 8.67. The highest BCUT2D eigenvalue weighted by molar-refractivity contribution is 5.80. The van der Waals surface area contributed by atoms with Crippen LogP contribution < -0.4 is 5.32 Å². The zero-order valence-corrected chi connectivity index (χ0v) is 14.3. The number of carbonyl (C=O) groups is 1. The second-order valence-electron chi connectivity index (χ2n) is 6.85. The number of ether oxygens (including phenoxy) is 1. The minimum Gasteiger partial charge on any atom is -0.469 e. The van der Waals surface area contributed by atoms with Crippen molar-refractivity contribution in [3.8, 4) is 0 Å². The summed E-state index contributed by atoms with van der Waals surface area (Å²) in [5.41, 5.74) is 0. The molecule has 126 valence electrons. The summed E-state index contributed by atoms with van der Waals surface area (Å²) in [5.74, 6) is 2.60. The fourth-order valence-electron chi connectivity index (χ4n) is 3.81. The van der Waals surface area contributed by atoms with Gasteiger partial charge in [0.05, 0.1) is 13.0 Å². The highest BCUT2D eigenvalue weighted by atomic mass is 16.5. The molecule has 1 N–H and O–H groups in total. The Balaban J connectivity index is 1.77. The van der Waals surface area contributed by atoms with Crippen molar-refractivity contribution in [3.63, 3.8) is 0 Å². The molecule has 0 amide bonds. The highest BCUT2D eigenvalue weighted by Crippen LogP contribution is 2.28. The molecule has 2 unspecified atom stereocenters. The third kappa shape index (κ3) is 4.62. The van der Waals surface area contributed by atoms with Crippen LogP contribution in [-0.2, 0) is 9.53 Å². The van der Waals surface area contributed by atoms with E-state index in [1.54, 1.807) is 0 Å². The number of likely N-dealkylation sites (tertiary alicyclic amines) is 1. The Kier molecular flexibility index (Phi) is 6.52. The Morgan fingerprint density at radius 3 is 2.59 bits per heavy atom. The van der Waals surface area contributed by atoms with Gasteiger partial charge in [0, 0.05) is 26.7 Å². The lowest BCUT2D eigenvalue weighted by Gasteiger charge is -2.34. The van der Waals surface area contributed by atoms with E-state index >= 15 is 0 Å². The molecule has 2 aliphatic rings. The fourth-order valence-corrected chi connectivity index (χ4v) is 3.81. The van der Waals surface area contributed by atoms with Gasteiger partial charge in [-0.15, -0.1) is 0 Å². The molecule has 1 saturated carbocycles. The summed E-state index contributed by atoms with van der Waals surface area (Å²) >= 11 is 0. The number of hydrogen-bond acceptors (Lipinski definition) is 3. The predicted octanol–water partition coefficient (Wildman–Crippen LogP) is 2.27. The number of carbonyl (C=O) groups excluding carboxylic acids is 1. The highest BCUT2D eigenvalue weighted by Gasteiger charge is 2.27. The number of rotatable bonds is 3. The first-order chi connectivity index (χ1) is 10.6. The van der Waals surface area contributed by atoms with Gasteiger partial charge in [-0.05, 0) is 37.5 Å². The van der Waals surface area contributed by atoms with E-state index in [2.05, 4.69) is 22.1 Å². The summed E-state index contributed by atoms with van der Waals surface area (Å²) in [6.45, 7) is 5.13. The fraction of sp³-hybridized carbons (Fsp3) is 0.882. The summed E-state index contributed by atoms with van der Waals surface area (Å²) in [7, 11) is 3.32. The third-order valence-corrected chi connectivity index (χ3v) is 5.13. The Hall–Kier alpha value is -1.26.